The number of methoxy groups -OCH3 is 1. The van der Waals surface area contributed by atoms with Crippen molar-refractivity contribution in [1.29, 1.82) is 0 Å². The lowest BCUT2D eigenvalue weighted by Gasteiger charge is -2.26. The van der Waals surface area contributed by atoms with Gasteiger partial charge in [-0.1, -0.05) is 24.1 Å². The standard InChI is InChI=1S/C21H25ClN2O5S/c1-15(29-18-8-6-7-16(22)13-18)21(25)23-17-9-10-19(28-2)20(14-17)30(26,27)24-11-4-3-5-12-24/h6-10,13-15H,3-5,11-12H2,1-2H3,(H,23,25). The zero-order chi connectivity index (χ0) is 21.7. The SMILES string of the molecule is COc1ccc(NC(=O)C(C)Oc2cccc(Cl)c2)cc1S(=O)(=O)N1CCCCC1. The maximum Gasteiger partial charge on any atom is 0.265 e. The van der Waals surface area contributed by atoms with Crippen LogP contribution < -0.4 is 14.8 Å². The highest BCUT2D eigenvalue weighted by Gasteiger charge is 2.29. The number of benzene rings is 2. The number of nitrogens with zero attached hydrogens (tertiary/aromatic N) is 1. The van der Waals surface area contributed by atoms with Crippen LogP contribution in [-0.2, 0) is 14.8 Å². The van der Waals surface area contributed by atoms with Crippen LogP contribution in [0.2, 0.25) is 5.02 Å². The highest BCUT2D eigenvalue weighted by Crippen LogP contribution is 2.31. The number of anilines is 1. The van der Waals surface area contributed by atoms with Gasteiger partial charge in [-0.15, -0.1) is 0 Å². The monoisotopic (exact) mass is 452 g/mol. The summed E-state index contributed by atoms with van der Waals surface area (Å²) < 4.78 is 38.6. The second kappa shape index (κ2) is 9.68. The molecule has 3 rings (SSSR count). The summed E-state index contributed by atoms with van der Waals surface area (Å²) in [6.45, 7) is 2.56. The number of ether oxygens (including phenoxy) is 2. The number of amides is 1. The molecule has 7 nitrogen and oxygen atoms in total. The summed E-state index contributed by atoms with van der Waals surface area (Å²) in [4.78, 5) is 12.6. The lowest BCUT2D eigenvalue weighted by Crippen LogP contribution is -2.36. The molecule has 0 spiro atoms. The molecule has 1 aliphatic rings. The molecule has 1 atom stereocenters. The minimum Gasteiger partial charge on any atom is -0.495 e. The maximum absolute atomic E-state index is 13.1. The summed E-state index contributed by atoms with van der Waals surface area (Å²) in [6.07, 6.45) is 1.86. The van der Waals surface area contributed by atoms with Crippen molar-refractivity contribution in [3.8, 4) is 11.5 Å². The number of rotatable bonds is 7. The Bertz CT molecular complexity index is 1010. The summed E-state index contributed by atoms with van der Waals surface area (Å²) >= 11 is 5.94. The van der Waals surface area contributed by atoms with Gasteiger partial charge >= 0.3 is 0 Å². The number of piperidine rings is 1. The first kappa shape index (κ1) is 22.4. The van der Waals surface area contributed by atoms with Gasteiger partial charge in [0.05, 0.1) is 7.11 Å². The largest absolute Gasteiger partial charge is 0.495 e. The molecule has 1 heterocycles. The average Bonchev–Trinajstić information content (AvgIpc) is 2.74. The van der Waals surface area contributed by atoms with Gasteiger partial charge in [-0.2, -0.15) is 4.31 Å². The van der Waals surface area contributed by atoms with Gasteiger partial charge in [0.1, 0.15) is 16.4 Å². The van der Waals surface area contributed by atoms with E-state index in [-0.39, 0.29) is 10.6 Å². The average molecular weight is 453 g/mol. The van der Waals surface area contributed by atoms with Crippen molar-refractivity contribution in [2.75, 3.05) is 25.5 Å². The molecule has 2 aromatic carbocycles. The van der Waals surface area contributed by atoms with Crippen LogP contribution in [0.15, 0.2) is 47.4 Å². The first-order valence-corrected chi connectivity index (χ1v) is 11.5. The van der Waals surface area contributed by atoms with Crippen molar-refractivity contribution in [1.82, 2.24) is 4.31 Å². The number of hydrogen-bond acceptors (Lipinski definition) is 5. The first-order chi connectivity index (χ1) is 14.3. The van der Waals surface area contributed by atoms with E-state index in [2.05, 4.69) is 5.32 Å². The van der Waals surface area contributed by atoms with E-state index in [0.717, 1.165) is 19.3 Å². The summed E-state index contributed by atoms with van der Waals surface area (Å²) in [5.74, 6) is 0.288. The molecule has 1 saturated heterocycles. The third-order valence-electron chi connectivity index (χ3n) is 4.84. The fourth-order valence-electron chi connectivity index (χ4n) is 3.24. The molecule has 2 aromatic rings. The van der Waals surface area contributed by atoms with Crippen LogP contribution >= 0.6 is 11.6 Å². The second-order valence-corrected chi connectivity index (χ2v) is 9.38. The number of halogens is 1. The van der Waals surface area contributed by atoms with Crippen molar-refractivity contribution >= 4 is 33.2 Å². The Morgan fingerprint density at radius 1 is 1.13 bits per heavy atom. The van der Waals surface area contributed by atoms with Crippen molar-refractivity contribution in [2.24, 2.45) is 0 Å². The molecular weight excluding hydrogens is 428 g/mol. The van der Waals surface area contributed by atoms with E-state index in [4.69, 9.17) is 21.1 Å². The summed E-state index contributed by atoms with van der Waals surface area (Å²) in [6, 6.07) is 11.3. The van der Waals surface area contributed by atoms with Gasteiger partial charge in [0.2, 0.25) is 10.0 Å². The van der Waals surface area contributed by atoms with Crippen LogP contribution in [0, 0.1) is 0 Å². The summed E-state index contributed by atoms with van der Waals surface area (Å²) in [7, 11) is -2.31. The predicted octanol–water partition coefficient (Wildman–Crippen LogP) is 3.93. The fourth-order valence-corrected chi connectivity index (χ4v) is 5.12. The van der Waals surface area contributed by atoms with Gasteiger partial charge in [0.25, 0.3) is 5.91 Å². The second-order valence-electron chi connectivity index (χ2n) is 7.04. The van der Waals surface area contributed by atoms with Crippen LogP contribution in [0.4, 0.5) is 5.69 Å². The molecule has 0 bridgehead atoms. The lowest BCUT2D eigenvalue weighted by molar-refractivity contribution is -0.122. The molecule has 9 heteroatoms. The molecule has 30 heavy (non-hydrogen) atoms. The maximum atomic E-state index is 13.1. The zero-order valence-electron chi connectivity index (χ0n) is 16.9. The first-order valence-electron chi connectivity index (χ1n) is 9.72. The van der Waals surface area contributed by atoms with Gasteiger partial charge in [0, 0.05) is 23.8 Å². The lowest BCUT2D eigenvalue weighted by atomic mass is 10.2. The van der Waals surface area contributed by atoms with E-state index in [1.165, 1.54) is 23.5 Å². The molecule has 0 aliphatic carbocycles. The quantitative estimate of drug-likeness (QED) is 0.688. The number of carbonyl (C=O) groups excluding carboxylic acids is 1. The Labute approximate surface area is 182 Å². The van der Waals surface area contributed by atoms with Crippen LogP contribution in [0.5, 0.6) is 11.5 Å². The summed E-state index contributed by atoms with van der Waals surface area (Å²) in [5, 5.41) is 3.21. The van der Waals surface area contributed by atoms with Gasteiger partial charge in [-0.25, -0.2) is 8.42 Å². The van der Waals surface area contributed by atoms with Gasteiger partial charge in [0.15, 0.2) is 6.10 Å². The minimum absolute atomic E-state index is 0.0353. The zero-order valence-corrected chi connectivity index (χ0v) is 18.5. The normalized spacial score (nSPS) is 16.0. The Balaban J connectivity index is 1.78. The van der Waals surface area contributed by atoms with Gasteiger partial charge < -0.3 is 14.8 Å². The molecular formula is C21H25ClN2O5S. The Hall–Kier alpha value is -2.29. The van der Waals surface area contributed by atoms with E-state index in [1.54, 1.807) is 37.3 Å². The molecule has 1 fully saturated rings. The van der Waals surface area contributed by atoms with Crippen molar-refractivity contribution in [3.63, 3.8) is 0 Å². The molecule has 0 radical (unpaired) electrons. The van der Waals surface area contributed by atoms with Crippen LogP contribution in [-0.4, -0.2) is 44.9 Å². The van der Waals surface area contributed by atoms with Gasteiger partial charge in [-0.3, -0.25) is 4.79 Å². The molecule has 162 valence electrons. The van der Waals surface area contributed by atoms with Crippen molar-refractivity contribution < 1.29 is 22.7 Å². The Morgan fingerprint density at radius 3 is 2.53 bits per heavy atom. The fraction of sp³-hybridized carbons (Fsp3) is 0.381. The number of sulfonamides is 1. The molecule has 0 saturated carbocycles. The minimum atomic E-state index is -3.73. The highest BCUT2D eigenvalue weighted by molar-refractivity contribution is 7.89. The number of hydrogen-bond donors (Lipinski definition) is 1. The Kier molecular flexibility index (Phi) is 7.23. The number of nitrogens with one attached hydrogen (secondary N) is 1. The number of carbonyl (C=O) groups is 1. The van der Waals surface area contributed by atoms with Gasteiger partial charge in [-0.05, 0) is 56.2 Å². The smallest absolute Gasteiger partial charge is 0.265 e. The van der Waals surface area contributed by atoms with Crippen LogP contribution in [0.1, 0.15) is 26.2 Å². The van der Waals surface area contributed by atoms with Crippen LogP contribution in [0.25, 0.3) is 0 Å². The topological polar surface area (TPSA) is 84.9 Å². The molecule has 1 aliphatic heterocycles. The third-order valence-corrected chi connectivity index (χ3v) is 7.00. The van der Waals surface area contributed by atoms with E-state index in [0.29, 0.717) is 29.5 Å². The van der Waals surface area contributed by atoms with Crippen molar-refractivity contribution in [3.05, 3.63) is 47.5 Å². The van der Waals surface area contributed by atoms with Crippen molar-refractivity contribution in [2.45, 2.75) is 37.2 Å². The van der Waals surface area contributed by atoms with E-state index < -0.39 is 22.0 Å². The van der Waals surface area contributed by atoms with Crippen LogP contribution in [0.3, 0.4) is 0 Å². The Morgan fingerprint density at radius 2 is 1.87 bits per heavy atom. The third kappa shape index (κ3) is 5.24. The molecule has 0 aromatic heterocycles. The molecule has 1 amide bonds. The van der Waals surface area contributed by atoms with E-state index >= 15 is 0 Å². The molecule has 1 N–H and O–H groups in total. The van der Waals surface area contributed by atoms with E-state index in [9.17, 15) is 13.2 Å². The highest BCUT2D eigenvalue weighted by atomic mass is 35.5. The van der Waals surface area contributed by atoms with E-state index in [1.807, 2.05) is 0 Å². The predicted molar refractivity (Wildman–Crippen MR) is 116 cm³/mol. The summed E-state index contributed by atoms with van der Waals surface area (Å²) in [5.41, 5.74) is 0.345. The molecule has 1 unspecified atom stereocenters.